The van der Waals surface area contributed by atoms with Gasteiger partial charge in [0.1, 0.15) is 5.54 Å². The molecule has 0 bridgehead atoms. The Morgan fingerprint density at radius 2 is 2.42 bits per heavy atom. The molecule has 2 heterocycles. The van der Waals surface area contributed by atoms with E-state index in [0.717, 1.165) is 25.1 Å². The predicted octanol–water partition coefficient (Wildman–Crippen LogP) is -0.458. The summed E-state index contributed by atoms with van der Waals surface area (Å²) in [6, 6.07) is 0. The lowest BCUT2D eigenvalue weighted by molar-refractivity contribution is -0.135. The summed E-state index contributed by atoms with van der Waals surface area (Å²) >= 11 is 0. The molecular weight excluding hydrogens is 246 g/mol. The Kier molecular flexibility index (Phi) is 4.16. The van der Waals surface area contributed by atoms with E-state index in [-0.39, 0.29) is 5.91 Å². The number of aromatic nitrogens is 3. The summed E-state index contributed by atoms with van der Waals surface area (Å²) in [6.07, 6.45) is 3.66. The zero-order valence-corrected chi connectivity index (χ0v) is 11.7. The van der Waals surface area contributed by atoms with Crippen LogP contribution >= 0.6 is 0 Å². The van der Waals surface area contributed by atoms with Crippen LogP contribution in [0.15, 0.2) is 6.20 Å². The highest BCUT2D eigenvalue weighted by atomic mass is 16.5. The first-order chi connectivity index (χ1) is 9.12. The summed E-state index contributed by atoms with van der Waals surface area (Å²) in [5.74, 6) is 0.00994. The maximum atomic E-state index is 12.3. The minimum Gasteiger partial charge on any atom is -0.382 e. The van der Waals surface area contributed by atoms with E-state index in [2.05, 4.69) is 20.5 Å². The lowest BCUT2D eigenvalue weighted by atomic mass is 9.95. The number of likely N-dealkylation sites (tertiary alicyclic amines) is 1. The van der Waals surface area contributed by atoms with Crippen molar-refractivity contribution in [1.29, 1.82) is 0 Å². The molecule has 1 aliphatic rings. The van der Waals surface area contributed by atoms with Gasteiger partial charge >= 0.3 is 0 Å². The van der Waals surface area contributed by atoms with Crippen molar-refractivity contribution in [2.75, 3.05) is 27.3 Å². The highest BCUT2D eigenvalue weighted by Crippen LogP contribution is 2.31. The van der Waals surface area contributed by atoms with Crippen LogP contribution in [0.4, 0.5) is 0 Å². The molecule has 1 aromatic heterocycles. The number of nitrogens with one attached hydrogen (secondary N) is 1. The van der Waals surface area contributed by atoms with E-state index >= 15 is 0 Å². The van der Waals surface area contributed by atoms with Crippen molar-refractivity contribution >= 4 is 5.91 Å². The number of nitrogens with zero attached hydrogens (tertiary/aromatic N) is 4. The Morgan fingerprint density at radius 1 is 1.63 bits per heavy atom. The van der Waals surface area contributed by atoms with Crippen molar-refractivity contribution in [3.05, 3.63) is 11.9 Å². The van der Waals surface area contributed by atoms with Crippen molar-refractivity contribution in [2.45, 2.75) is 24.9 Å². The van der Waals surface area contributed by atoms with E-state index in [9.17, 15) is 4.79 Å². The third-order valence-electron chi connectivity index (χ3n) is 3.66. The molecule has 0 radical (unpaired) electrons. The van der Waals surface area contributed by atoms with Crippen LogP contribution < -0.4 is 5.32 Å². The monoisotopic (exact) mass is 267 g/mol. The van der Waals surface area contributed by atoms with Crippen LogP contribution in [0.3, 0.4) is 0 Å². The molecule has 1 aliphatic heterocycles. The molecule has 1 amide bonds. The number of likely N-dealkylation sites (N-methyl/N-ethyl adjacent to an activating group) is 1. The fourth-order valence-electron chi connectivity index (χ4n) is 2.79. The number of aryl methyl sites for hydroxylation is 1. The molecule has 1 unspecified atom stereocenters. The lowest BCUT2D eigenvalue weighted by Gasteiger charge is -2.35. The fourth-order valence-corrected chi connectivity index (χ4v) is 2.79. The van der Waals surface area contributed by atoms with Crippen molar-refractivity contribution in [2.24, 2.45) is 7.05 Å². The molecule has 19 heavy (non-hydrogen) atoms. The molecule has 1 saturated heterocycles. The average Bonchev–Trinajstić information content (AvgIpc) is 2.98. The largest absolute Gasteiger partial charge is 0.382 e. The normalized spacial score (nSPS) is 23.7. The standard InChI is InChI=1S/C12H21N5O2/c1-13-11(18)12(9-19-3)5-4-6-17(12)8-10-7-16(2)15-14-10/h7H,4-6,8-9H2,1-3H3,(H,13,18). The van der Waals surface area contributed by atoms with E-state index in [0.29, 0.717) is 13.2 Å². The molecule has 106 valence electrons. The molecule has 1 fully saturated rings. The number of carbonyl (C=O) groups excluding carboxylic acids is 1. The van der Waals surface area contributed by atoms with Crippen LogP contribution in [0.5, 0.6) is 0 Å². The van der Waals surface area contributed by atoms with Gasteiger partial charge in [0.05, 0.1) is 12.3 Å². The zero-order valence-electron chi connectivity index (χ0n) is 11.7. The third kappa shape index (κ3) is 2.62. The summed E-state index contributed by atoms with van der Waals surface area (Å²) in [7, 11) is 5.13. The quantitative estimate of drug-likeness (QED) is 0.782. The number of hydrogen-bond donors (Lipinski definition) is 1. The fraction of sp³-hybridized carbons (Fsp3) is 0.750. The summed E-state index contributed by atoms with van der Waals surface area (Å²) < 4.78 is 6.95. The summed E-state index contributed by atoms with van der Waals surface area (Å²) in [4.78, 5) is 14.4. The Bertz CT molecular complexity index is 447. The Hall–Kier alpha value is -1.47. The molecule has 0 aliphatic carbocycles. The van der Waals surface area contributed by atoms with Crippen molar-refractivity contribution in [1.82, 2.24) is 25.2 Å². The highest BCUT2D eigenvalue weighted by molar-refractivity contribution is 5.86. The van der Waals surface area contributed by atoms with Gasteiger partial charge in [-0.25, -0.2) is 0 Å². The number of carbonyl (C=O) groups is 1. The maximum Gasteiger partial charge on any atom is 0.242 e. The number of rotatable bonds is 5. The molecule has 2 rings (SSSR count). The predicted molar refractivity (Wildman–Crippen MR) is 69.3 cm³/mol. The summed E-state index contributed by atoms with van der Waals surface area (Å²) in [5, 5.41) is 10.8. The minimum absolute atomic E-state index is 0.00994. The van der Waals surface area contributed by atoms with Gasteiger partial charge in [-0.1, -0.05) is 5.21 Å². The van der Waals surface area contributed by atoms with Crippen LogP contribution in [0.25, 0.3) is 0 Å². The highest BCUT2D eigenvalue weighted by Gasteiger charge is 2.47. The molecule has 7 nitrogen and oxygen atoms in total. The molecule has 0 aromatic carbocycles. The van der Waals surface area contributed by atoms with Crippen LogP contribution in [-0.4, -0.2) is 58.6 Å². The average molecular weight is 267 g/mol. The maximum absolute atomic E-state index is 12.3. The van der Waals surface area contributed by atoms with E-state index in [1.807, 2.05) is 13.2 Å². The van der Waals surface area contributed by atoms with Crippen molar-refractivity contribution in [3.63, 3.8) is 0 Å². The van der Waals surface area contributed by atoms with E-state index in [1.165, 1.54) is 0 Å². The van der Waals surface area contributed by atoms with Crippen LogP contribution in [0.2, 0.25) is 0 Å². The Labute approximate surface area is 112 Å². The number of hydrogen-bond acceptors (Lipinski definition) is 5. The number of amides is 1. The number of methoxy groups -OCH3 is 1. The molecule has 1 atom stereocenters. The molecule has 7 heteroatoms. The van der Waals surface area contributed by atoms with Gasteiger partial charge in [0.25, 0.3) is 0 Å². The molecule has 0 saturated carbocycles. The molecule has 1 aromatic rings. The zero-order chi connectivity index (χ0) is 13.9. The van der Waals surface area contributed by atoms with Gasteiger partial charge in [0, 0.05) is 33.9 Å². The SMILES string of the molecule is CNC(=O)C1(COC)CCCN1Cc1cn(C)nn1. The van der Waals surface area contributed by atoms with Crippen LogP contribution in [0, 0.1) is 0 Å². The second-order valence-electron chi connectivity index (χ2n) is 4.95. The van der Waals surface area contributed by atoms with E-state index in [4.69, 9.17) is 4.74 Å². The smallest absolute Gasteiger partial charge is 0.242 e. The second-order valence-corrected chi connectivity index (χ2v) is 4.95. The summed E-state index contributed by atoms with van der Waals surface area (Å²) in [6.45, 7) is 1.88. The van der Waals surface area contributed by atoms with Gasteiger partial charge < -0.3 is 10.1 Å². The van der Waals surface area contributed by atoms with Gasteiger partial charge in [0.2, 0.25) is 5.91 Å². The van der Waals surface area contributed by atoms with Gasteiger partial charge in [0.15, 0.2) is 0 Å². The third-order valence-corrected chi connectivity index (χ3v) is 3.66. The first-order valence-corrected chi connectivity index (χ1v) is 6.44. The Morgan fingerprint density at radius 3 is 3.00 bits per heavy atom. The summed E-state index contributed by atoms with van der Waals surface area (Å²) in [5.41, 5.74) is 0.287. The van der Waals surface area contributed by atoms with Gasteiger partial charge in [-0.15, -0.1) is 5.10 Å². The molecular formula is C12H21N5O2. The van der Waals surface area contributed by atoms with Crippen LogP contribution in [0.1, 0.15) is 18.5 Å². The first kappa shape index (κ1) is 14.0. The van der Waals surface area contributed by atoms with Crippen LogP contribution in [-0.2, 0) is 23.1 Å². The molecule has 1 N–H and O–H groups in total. The number of ether oxygens (including phenoxy) is 1. The van der Waals surface area contributed by atoms with Crippen molar-refractivity contribution in [3.8, 4) is 0 Å². The molecule has 0 spiro atoms. The first-order valence-electron chi connectivity index (χ1n) is 6.44. The van der Waals surface area contributed by atoms with Crippen molar-refractivity contribution < 1.29 is 9.53 Å². The Balaban J connectivity index is 2.19. The second kappa shape index (κ2) is 5.66. The lowest BCUT2D eigenvalue weighted by Crippen LogP contribution is -2.57. The van der Waals surface area contributed by atoms with Gasteiger partial charge in [-0.3, -0.25) is 14.4 Å². The minimum atomic E-state index is -0.582. The van der Waals surface area contributed by atoms with Gasteiger partial charge in [-0.2, -0.15) is 0 Å². The van der Waals surface area contributed by atoms with E-state index in [1.54, 1.807) is 18.8 Å². The van der Waals surface area contributed by atoms with E-state index < -0.39 is 5.54 Å². The topological polar surface area (TPSA) is 72.3 Å². The van der Waals surface area contributed by atoms with Gasteiger partial charge in [-0.05, 0) is 19.4 Å².